The number of rotatable bonds is 5. The summed E-state index contributed by atoms with van der Waals surface area (Å²) in [4.78, 5) is 33.6. The van der Waals surface area contributed by atoms with Crippen molar-refractivity contribution < 1.29 is 14.3 Å². The SMILES string of the molecule is COc1ccc2c(c1)Oc1ncnc(Nc3cnc(NC(=O)c4ccccc4)nc3)c1N=C2. The monoisotopic (exact) mass is 439 g/mol. The van der Waals surface area contributed by atoms with Crippen molar-refractivity contribution in [1.29, 1.82) is 0 Å². The van der Waals surface area contributed by atoms with Gasteiger partial charge in [0.05, 0.1) is 25.2 Å². The molecule has 3 heterocycles. The van der Waals surface area contributed by atoms with Crippen molar-refractivity contribution in [2.75, 3.05) is 17.7 Å². The van der Waals surface area contributed by atoms with Gasteiger partial charge in [-0.3, -0.25) is 10.1 Å². The Labute approximate surface area is 188 Å². The minimum atomic E-state index is -0.292. The van der Waals surface area contributed by atoms with Gasteiger partial charge in [0.1, 0.15) is 17.8 Å². The molecule has 33 heavy (non-hydrogen) atoms. The lowest BCUT2D eigenvalue weighted by molar-refractivity contribution is 0.102. The van der Waals surface area contributed by atoms with E-state index in [1.165, 1.54) is 18.7 Å². The molecule has 162 valence electrons. The van der Waals surface area contributed by atoms with Crippen LogP contribution in [0.4, 0.5) is 23.1 Å². The second-order valence-corrected chi connectivity index (χ2v) is 6.88. The first-order chi connectivity index (χ1) is 16.2. The fourth-order valence-corrected chi connectivity index (χ4v) is 3.08. The quantitative estimate of drug-likeness (QED) is 0.419. The molecule has 4 aromatic rings. The predicted molar refractivity (Wildman–Crippen MR) is 122 cm³/mol. The highest BCUT2D eigenvalue weighted by Gasteiger charge is 2.18. The maximum Gasteiger partial charge on any atom is 0.258 e. The summed E-state index contributed by atoms with van der Waals surface area (Å²) < 4.78 is 11.2. The van der Waals surface area contributed by atoms with E-state index in [-0.39, 0.29) is 11.9 Å². The molecule has 0 saturated carbocycles. The van der Waals surface area contributed by atoms with Crippen molar-refractivity contribution >= 4 is 35.3 Å². The van der Waals surface area contributed by atoms with E-state index in [9.17, 15) is 4.79 Å². The summed E-state index contributed by atoms with van der Waals surface area (Å²) >= 11 is 0. The summed E-state index contributed by atoms with van der Waals surface area (Å²) in [5, 5.41) is 5.77. The molecule has 1 aliphatic heterocycles. The second-order valence-electron chi connectivity index (χ2n) is 6.88. The molecular formula is C23H17N7O3. The highest BCUT2D eigenvalue weighted by atomic mass is 16.5. The van der Waals surface area contributed by atoms with Gasteiger partial charge >= 0.3 is 0 Å². The molecule has 0 saturated heterocycles. The fraction of sp³-hybridized carbons (Fsp3) is 0.0435. The normalized spacial score (nSPS) is 11.4. The summed E-state index contributed by atoms with van der Waals surface area (Å²) in [5.74, 6) is 1.84. The van der Waals surface area contributed by atoms with Gasteiger partial charge in [-0.1, -0.05) is 18.2 Å². The molecule has 5 rings (SSSR count). The van der Waals surface area contributed by atoms with E-state index in [0.29, 0.717) is 40.1 Å². The van der Waals surface area contributed by atoms with Crippen LogP contribution in [-0.4, -0.2) is 39.2 Å². The molecule has 0 bridgehead atoms. The van der Waals surface area contributed by atoms with E-state index in [1.54, 1.807) is 43.7 Å². The number of aromatic nitrogens is 4. The number of nitrogens with one attached hydrogen (secondary N) is 2. The molecule has 0 aliphatic carbocycles. The Hall–Kier alpha value is -4.86. The van der Waals surface area contributed by atoms with Crippen LogP contribution in [0.25, 0.3) is 0 Å². The number of hydrogen-bond donors (Lipinski definition) is 2. The number of benzene rings is 2. The molecule has 10 heteroatoms. The molecule has 1 aliphatic rings. The summed E-state index contributed by atoms with van der Waals surface area (Å²) in [7, 11) is 1.59. The first-order valence-electron chi connectivity index (χ1n) is 9.90. The third kappa shape index (κ3) is 4.30. The zero-order valence-electron chi connectivity index (χ0n) is 17.4. The van der Waals surface area contributed by atoms with Gasteiger partial charge in [0.15, 0.2) is 11.5 Å². The van der Waals surface area contributed by atoms with Crippen molar-refractivity contribution in [3.8, 4) is 17.4 Å². The lowest BCUT2D eigenvalue weighted by atomic mass is 10.2. The number of hydrogen-bond acceptors (Lipinski definition) is 9. The Kier molecular flexibility index (Phi) is 5.30. The van der Waals surface area contributed by atoms with Gasteiger partial charge in [-0.15, -0.1) is 0 Å². The molecule has 1 amide bonds. The van der Waals surface area contributed by atoms with Crippen LogP contribution in [0.2, 0.25) is 0 Å². The second kappa shape index (κ2) is 8.71. The van der Waals surface area contributed by atoms with Gasteiger partial charge in [-0.25, -0.2) is 19.9 Å². The number of nitrogens with zero attached hydrogens (tertiary/aromatic N) is 5. The first-order valence-corrected chi connectivity index (χ1v) is 9.90. The molecular weight excluding hydrogens is 422 g/mol. The molecule has 0 fully saturated rings. The summed E-state index contributed by atoms with van der Waals surface area (Å²) in [5.41, 5.74) is 2.27. The van der Waals surface area contributed by atoms with Gasteiger partial charge < -0.3 is 14.8 Å². The highest BCUT2D eigenvalue weighted by molar-refractivity contribution is 6.03. The predicted octanol–water partition coefficient (Wildman–Crippen LogP) is 4.13. The Morgan fingerprint density at radius 2 is 1.82 bits per heavy atom. The third-order valence-corrected chi connectivity index (χ3v) is 4.72. The van der Waals surface area contributed by atoms with E-state index >= 15 is 0 Å². The van der Waals surface area contributed by atoms with Crippen LogP contribution in [0.3, 0.4) is 0 Å². The van der Waals surface area contributed by atoms with Crippen LogP contribution < -0.4 is 20.1 Å². The van der Waals surface area contributed by atoms with Crippen LogP contribution in [0.15, 0.2) is 72.2 Å². The van der Waals surface area contributed by atoms with E-state index in [0.717, 1.165) is 5.56 Å². The van der Waals surface area contributed by atoms with E-state index < -0.39 is 0 Å². The van der Waals surface area contributed by atoms with Crippen LogP contribution in [-0.2, 0) is 0 Å². The summed E-state index contributed by atoms with van der Waals surface area (Å²) in [6.07, 6.45) is 6.11. The van der Waals surface area contributed by atoms with Gasteiger partial charge in [-0.2, -0.15) is 4.98 Å². The fourth-order valence-electron chi connectivity index (χ4n) is 3.08. The molecule has 10 nitrogen and oxygen atoms in total. The van der Waals surface area contributed by atoms with E-state index in [1.807, 2.05) is 18.2 Å². The van der Waals surface area contributed by atoms with Gasteiger partial charge in [0.25, 0.3) is 11.8 Å². The zero-order chi connectivity index (χ0) is 22.6. The maximum absolute atomic E-state index is 12.3. The van der Waals surface area contributed by atoms with Crippen molar-refractivity contribution in [3.63, 3.8) is 0 Å². The number of anilines is 3. The van der Waals surface area contributed by atoms with Crippen LogP contribution >= 0.6 is 0 Å². The van der Waals surface area contributed by atoms with Crippen molar-refractivity contribution in [2.24, 2.45) is 4.99 Å². The Morgan fingerprint density at radius 1 is 1.00 bits per heavy atom. The minimum Gasteiger partial charge on any atom is -0.497 e. The molecule has 2 N–H and O–H groups in total. The average Bonchev–Trinajstić information content (AvgIpc) is 3.05. The van der Waals surface area contributed by atoms with Crippen LogP contribution in [0.5, 0.6) is 17.4 Å². The van der Waals surface area contributed by atoms with Gasteiger partial charge in [-0.05, 0) is 24.3 Å². The number of ether oxygens (including phenoxy) is 2. The van der Waals surface area contributed by atoms with Crippen molar-refractivity contribution in [3.05, 3.63) is 78.4 Å². The number of carbonyl (C=O) groups is 1. The Balaban J connectivity index is 1.34. The molecule has 0 unspecified atom stereocenters. The minimum absolute atomic E-state index is 0.182. The number of fused-ring (bicyclic) bond motifs is 2. The van der Waals surface area contributed by atoms with Crippen molar-refractivity contribution in [1.82, 2.24) is 19.9 Å². The summed E-state index contributed by atoms with van der Waals surface area (Å²) in [6, 6.07) is 14.3. The number of aliphatic imine (C=N–C) groups is 1. The van der Waals surface area contributed by atoms with Gasteiger partial charge in [0, 0.05) is 23.4 Å². The molecule has 2 aromatic carbocycles. The third-order valence-electron chi connectivity index (χ3n) is 4.72. The smallest absolute Gasteiger partial charge is 0.258 e. The molecule has 0 spiro atoms. The number of amides is 1. The highest BCUT2D eigenvalue weighted by Crippen LogP contribution is 2.39. The summed E-state index contributed by atoms with van der Waals surface area (Å²) in [6.45, 7) is 0. The standard InChI is InChI=1S/C23H17N7O3/c1-32-17-8-7-15-10-24-19-20(27-13-28-22(19)33-18(15)9-17)29-16-11-25-23(26-12-16)30-21(31)14-5-3-2-4-6-14/h2-13H,1H3,(H,27,28,29)(H,25,26,30,31). The average molecular weight is 439 g/mol. The topological polar surface area (TPSA) is 124 Å². The Morgan fingerprint density at radius 3 is 2.61 bits per heavy atom. The largest absolute Gasteiger partial charge is 0.497 e. The Bertz CT molecular complexity index is 1340. The lowest BCUT2D eigenvalue weighted by Gasteiger charge is -2.11. The molecule has 2 aromatic heterocycles. The molecule has 0 atom stereocenters. The van der Waals surface area contributed by atoms with Gasteiger partial charge in [0.2, 0.25) is 5.95 Å². The maximum atomic E-state index is 12.3. The molecule has 0 radical (unpaired) electrons. The number of methoxy groups -OCH3 is 1. The van der Waals surface area contributed by atoms with Crippen molar-refractivity contribution in [2.45, 2.75) is 0 Å². The van der Waals surface area contributed by atoms with E-state index in [2.05, 4.69) is 35.6 Å². The van der Waals surface area contributed by atoms with Crippen LogP contribution in [0.1, 0.15) is 15.9 Å². The lowest BCUT2D eigenvalue weighted by Crippen LogP contribution is -2.14. The van der Waals surface area contributed by atoms with E-state index in [4.69, 9.17) is 9.47 Å². The number of carbonyl (C=O) groups excluding carboxylic acids is 1. The van der Waals surface area contributed by atoms with Crippen LogP contribution in [0, 0.1) is 0 Å². The zero-order valence-corrected chi connectivity index (χ0v) is 17.4. The first kappa shape index (κ1) is 20.1.